The minimum Gasteiger partial charge on any atom is -0.493 e. The summed E-state index contributed by atoms with van der Waals surface area (Å²) in [5.41, 5.74) is 2.26. The molecule has 0 aliphatic carbocycles. The molecule has 0 fully saturated rings. The molecule has 2 N–H and O–H groups in total. The van der Waals surface area contributed by atoms with E-state index in [0.717, 1.165) is 11.3 Å². The van der Waals surface area contributed by atoms with Gasteiger partial charge in [-0.15, -0.1) is 0 Å². The van der Waals surface area contributed by atoms with Crippen LogP contribution in [0.15, 0.2) is 60.8 Å². The van der Waals surface area contributed by atoms with Crippen LogP contribution in [0.4, 0.5) is 11.5 Å². The van der Waals surface area contributed by atoms with E-state index in [-0.39, 0.29) is 5.91 Å². The van der Waals surface area contributed by atoms with Gasteiger partial charge in [0, 0.05) is 17.1 Å². The van der Waals surface area contributed by atoms with Gasteiger partial charge in [-0.05, 0) is 42.0 Å². The predicted molar refractivity (Wildman–Crippen MR) is 111 cm³/mol. The fourth-order valence-corrected chi connectivity index (χ4v) is 2.78. The molecule has 0 atom stereocenters. The first-order chi connectivity index (χ1) is 13.6. The van der Waals surface area contributed by atoms with Crippen molar-refractivity contribution in [2.24, 2.45) is 0 Å². The van der Waals surface area contributed by atoms with E-state index in [1.165, 1.54) is 7.11 Å². The van der Waals surface area contributed by atoms with Crippen molar-refractivity contribution in [3.8, 4) is 11.5 Å². The van der Waals surface area contributed by atoms with Crippen molar-refractivity contribution in [3.05, 3.63) is 76.9 Å². The standard InChI is InChI=1S/C21H20ClN3O3/c1-27-18-9-7-14(11-19(18)28-2)21(26)25-20-10-8-16(13-24-20)23-12-15-5-3-4-6-17(15)22/h3-11,13,23H,12H2,1-2H3,(H,24,25,26). The summed E-state index contributed by atoms with van der Waals surface area (Å²) in [7, 11) is 3.07. The number of carbonyl (C=O) groups is 1. The molecule has 0 aliphatic heterocycles. The lowest BCUT2D eigenvalue weighted by atomic mass is 10.2. The summed E-state index contributed by atoms with van der Waals surface area (Å²) in [6.45, 7) is 0.582. The van der Waals surface area contributed by atoms with Gasteiger partial charge in [0.2, 0.25) is 0 Å². The molecule has 3 rings (SSSR count). The van der Waals surface area contributed by atoms with Crippen LogP contribution in [0, 0.1) is 0 Å². The normalized spacial score (nSPS) is 10.2. The van der Waals surface area contributed by atoms with E-state index in [9.17, 15) is 4.79 Å². The smallest absolute Gasteiger partial charge is 0.256 e. The molecule has 0 bridgehead atoms. The Balaban J connectivity index is 1.62. The van der Waals surface area contributed by atoms with Gasteiger partial charge in [0.1, 0.15) is 5.82 Å². The number of benzene rings is 2. The first-order valence-corrected chi connectivity index (χ1v) is 8.95. The number of nitrogens with zero attached hydrogens (tertiary/aromatic N) is 1. The summed E-state index contributed by atoms with van der Waals surface area (Å²) in [6.07, 6.45) is 1.65. The number of rotatable bonds is 7. The number of anilines is 2. The maximum absolute atomic E-state index is 12.4. The van der Waals surface area contributed by atoms with Gasteiger partial charge in [-0.1, -0.05) is 29.8 Å². The number of hydrogen-bond acceptors (Lipinski definition) is 5. The van der Waals surface area contributed by atoms with E-state index in [1.54, 1.807) is 37.6 Å². The molecule has 1 aromatic heterocycles. The quantitative estimate of drug-likeness (QED) is 0.608. The molecule has 144 valence electrons. The molecule has 7 heteroatoms. The number of halogens is 1. The summed E-state index contributed by atoms with van der Waals surface area (Å²) in [5, 5.41) is 6.72. The van der Waals surface area contributed by atoms with E-state index >= 15 is 0 Å². The van der Waals surface area contributed by atoms with Crippen molar-refractivity contribution in [2.75, 3.05) is 24.9 Å². The number of aromatic nitrogens is 1. The Bertz CT molecular complexity index is 961. The average Bonchev–Trinajstić information content (AvgIpc) is 2.73. The number of carbonyl (C=O) groups excluding carboxylic acids is 1. The van der Waals surface area contributed by atoms with Crippen molar-refractivity contribution >= 4 is 29.0 Å². The Hall–Kier alpha value is -3.25. The zero-order valence-electron chi connectivity index (χ0n) is 15.5. The summed E-state index contributed by atoms with van der Waals surface area (Å²) < 4.78 is 10.4. The molecular weight excluding hydrogens is 378 g/mol. The van der Waals surface area contributed by atoms with Crippen molar-refractivity contribution in [3.63, 3.8) is 0 Å². The van der Waals surface area contributed by atoms with Gasteiger partial charge in [-0.3, -0.25) is 4.79 Å². The summed E-state index contributed by atoms with van der Waals surface area (Å²) >= 11 is 6.15. The third kappa shape index (κ3) is 4.72. The second-order valence-electron chi connectivity index (χ2n) is 5.90. The van der Waals surface area contributed by atoms with Crippen LogP contribution >= 0.6 is 11.6 Å². The number of ether oxygens (including phenoxy) is 2. The van der Waals surface area contributed by atoms with E-state index in [2.05, 4.69) is 15.6 Å². The Morgan fingerprint density at radius 3 is 2.50 bits per heavy atom. The van der Waals surface area contributed by atoms with Crippen molar-refractivity contribution in [1.82, 2.24) is 4.98 Å². The minimum atomic E-state index is -0.287. The first kappa shape index (κ1) is 19.5. The SMILES string of the molecule is COc1ccc(C(=O)Nc2ccc(NCc3ccccc3Cl)cn2)cc1OC. The molecule has 28 heavy (non-hydrogen) atoms. The van der Waals surface area contributed by atoms with Crippen LogP contribution in [-0.2, 0) is 6.54 Å². The van der Waals surface area contributed by atoms with Crippen LogP contribution in [0.2, 0.25) is 5.02 Å². The zero-order valence-corrected chi connectivity index (χ0v) is 16.3. The Kier molecular flexibility index (Phi) is 6.34. The third-order valence-electron chi connectivity index (χ3n) is 4.09. The van der Waals surface area contributed by atoms with Gasteiger partial charge in [-0.2, -0.15) is 0 Å². The van der Waals surface area contributed by atoms with Gasteiger partial charge in [0.05, 0.1) is 26.1 Å². The molecule has 0 spiro atoms. The van der Waals surface area contributed by atoms with Gasteiger partial charge in [-0.25, -0.2) is 4.98 Å². The van der Waals surface area contributed by atoms with Crippen LogP contribution in [0.3, 0.4) is 0 Å². The second-order valence-corrected chi connectivity index (χ2v) is 6.31. The van der Waals surface area contributed by atoms with E-state index in [0.29, 0.717) is 34.4 Å². The van der Waals surface area contributed by atoms with Crippen LogP contribution < -0.4 is 20.1 Å². The lowest BCUT2D eigenvalue weighted by Crippen LogP contribution is -2.13. The molecule has 0 saturated heterocycles. The van der Waals surface area contributed by atoms with Crippen LogP contribution in [0.5, 0.6) is 11.5 Å². The molecule has 6 nitrogen and oxygen atoms in total. The summed E-state index contributed by atoms with van der Waals surface area (Å²) in [4.78, 5) is 16.7. The molecule has 0 saturated carbocycles. The Morgan fingerprint density at radius 2 is 1.82 bits per heavy atom. The number of hydrogen-bond donors (Lipinski definition) is 2. The monoisotopic (exact) mass is 397 g/mol. The number of pyridine rings is 1. The topological polar surface area (TPSA) is 72.5 Å². The molecule has 2 aromatic carbocycles. The van der Waals surface area contributed by atoms with Crippen LogP contribution in [0.1, 0.15) is 15.9 Å². The van der Waals surface area contributed by atoms with E-state index in [4.69, 9.17) is 21.1 Å². The van der Waals surface area contributed by atoms with Crippen LogP contribution in [-0.4, -0.2) is 25.1 Å². The Labute approximate surface area is 168 Å². The molecule has 1 heterocycles. The highest BCUT2D eigenvalue weighted by Crippen LogP contribution is 2.27. The predicted octanol–water partition coefficient (Wildman–Crippen LogP) is 4.62. The van der Waals surface area contributed by atoms with Gasteiger partial charge < -0.3 is 20.1 Å². The van der Waals surface area contributed by atoms with E-state index in [1.807, 2.05) is 30.3 Å². The number of nitrogens with one attached hydrogen (secondary N) is 2. The minimum absolute atomic E-state index is 0.287. The number of methoxy groups -OCH3 is 2. The van der Waals surface area contributed by atoms with Crippen molar-refractivity contribution in [1.29, 1.82) is 0 Å². The second kappa shape index (κ2) is 9.10. The highest BCUT2D eigenvalue weighted by Gasteiger charge is 2.11. The maximum atomic E-state index is 12.4. The summed E-state index contributed by atoms with van der Waals surface area (Å²) in [5.74, 6) is 1.21. The molecule has 0 unspecified atom stereocenters. The maximum Gasteiger partial charge on any atom is 0.256 e. The molecule has 3 aromatic rings. The fraction of sp³-hybridized carbons (Fsp3) is 0.143. The van der Waals surface area contributed by atoms with Gasteiger partial charge in [0.25, 0.3) is 5.91 Å². The molecular formula is C21H20ClN3O3. The molecule has 0 aliphatic rings. The highest BCUT2D eigenvalue weighted by atomic mass is 35.5. The zero-order chi connectivity index (χ0) is 19.9. The van der Waals surface area contributed by atoms with Crippen molar-refractivity contribution < 1.29 is 14.3 Å². The van der Waals surface area contributed by atoms with E-state index < -0.39 is 0 Å². The average molecular weight is 398 g/mol. The largest absolute Gasteiger partial charge is 0.493 e. The molecule has 1 amide bonds. The highest BCUT2D eigenvalue weighted by molar-refractivity contribution is 6.31. The lowest BCUT2D eigenvalue weighted by Gasteiger charge is -2.11. The first-order valence-electron chi connectivity index (χ1n) is 8.57. The lowest BCUT2D eigenvalue weighted by molar-refractivity contribution is 0.102. The van der Waals surface area contributed by atoms with Gasteiger partial charge >= 0.3 is 0 Å². The summed E-state index contributed by atoms with van der Waals surface area (Å²) in [6, 6.07) is 16.2. The van der Waals surface area contributed by atoms with Crippen molar-refractivity contribution in [2.45, 2.75) is 6.54 Å². The van der Waals surface area contributed by atoms with Crippen LogP contribution in [0.25, 0.3) is 0 Å². The van der Waals surface area contributed by atoms with Gasteiger partial charge in [0.15, 0.2) is 11.5 Å². The third-order valence-corrected chi connectivity index (χ3v) is 4.46. The number of amides is 1. The molecule has 0 radical (unpaired) electrons. The Morgan fingerprint density at radius 1 is 1.04 bits per heavy atom. The fourth-order valence-electron chi connectivity index (χ4n) is 2.58.